The van der Waals surface area contributed by atoms with Crippen molar-refractivity contribution >= 4 is 49.9 Å². The van der Waals surface area contributed by atoms with E-state index < -0.39 is 0 Å². The van der Waals surface area contributed by atoms with Gasteiger partial charge in [-0.05, 0) is 24.3 Å². The Hall–Kier alpha value is -2.24. The van der Waals surface area contributed by atoms with Gasteiger partial charge >= 0.3 is 0 Å². The quantitative estimate of drug-likeness (QED) is 0.308. The molecule has 5 heteroatoms. The first-order chi connectivity index (χ1) is 11.3. The van der Waals surface area contributed by atoms with Crippen LogP contribution in [0.5, 0.6) is 0 Å². The van der Waals surface area contributed by atoms with Gasteiger partial charge in [0.05, 0.1) is 16.7 Å². The molecule has 2 aromatic carbocycles. The molecule has 0 aliphatic heterocycles. The number of thiol groups is 1. The summed E-state index contributed by atoms with van der Waals surface area (Å²) in [6, 6.07) is 17.9. The number of rotatable bonds is 2. The number of anilines is 1. The van der Waals surface area contributed by atoms with Crippen LogP contribution in [-0.2, 0) is 0 Å². The van der Waals surface area contributed by atoms with Crippen LogP contribution in [0, 0.1) is 0 Å². The molecular weight excluding hydrogens is 322 g/mol. The molecule has 2 N–H and O–H groups in total. The van der Waals surface area contributed by atoms with Crippen LogP contribution in [0.1, 0.15) is 0 Å². The van der Waals surface area contributed by atoms with E-state index in [0.717, 1.165) is 43.6 Å². The van der Waals surface area contributed by atoms with Gasteiger partial charge in [0, 0.05) is 33.1 Å². The van der Waals surface area contributed by atoms with Crippen LogP contribution in [0.15, 0.2) is 65.7 Å². The molecule has 0 bridgehead atoms. The zero-order chi connectivity index (χ0) is 15.8. The van der Waals surface area contributed by atoms with Gasteiger partial charge in [0.1, 0.15) is 0 Å². The Kier molecular flexibility index (Phi) is 3.59. The highest BCUT2D eigenvalue weighted by Crippen LogP contribution is 2.37. The van der Waals surface area contributed by atoms with Crippen molar-refractivity contribution in [2.45, 2.75) is 4.90 Å². The lowest BCUT2D eigenvalue weighted by molar-refractivity contribution is 1.30. The molecule has 0 aliphatic rings. The highest BCUT2D eigenvalue weighted by atomic mass is 33.1. The van der Waals surface area contributed by atoms with E-state index in [9.17, 15) is 0 Å². The summed E-state index contributed by atoms with van der Waals surface area (Å²) in [5, 5.41) is 2.04. The molecule has 0 fully saturated rings. The van der Waals surface area contributed by atoms with Crippen LogP contribution in [0.4, 0.5) is 5.69 Å². The molecule has 0 spiro atoms. The maximum Gasteiger partial charge on any atom is 0.0875 e. The number of nitrogens with zero attached hydrogens (tertiary/aromatic N) is 2. The number of hydrogen-bond acceptors (Lipinski definition) is 5. The summed E-state index contributed by atoms with van der Waals surface area (Å²) in [6.07, 6.45) is 1.80. The third kappa shape index (κ3) is 2.42. The van der Waals surface area contributed by atoms with E-state index in [1.165, 1.54) is 10.8 Å². The van der Waals surface area contributed by atoms with Gasteiger partial charge in [-0.1, -0.05) is 41.1 Å². The van der Waals surface area contributed by atoms with Crippen molar-refractivity contribution in [1.29, 1.82) is 0 Å². The van der Waals surface area contributed by atoms with Gasteiger partial charge in [-0.15, -0.1) is 11.7 Å². The van der Waals surface area contributed by atoms with Crippen LogP contribution >= 0.6 is 22.5 Å². The number of nitrogens with two attached hydrogens (primary N) is 1. The van der Waals surface area contributed by atoms with E-state index in [2.05, 4.69) is 28.8 Å². The number of hydrogen-bond donors (Lipinski definition) is 2. The monoisotopic (exact) mass is 335 g/mol. The Morgan fingerprint density at radius 3 is 2.70 bits per heavy atom. The molecule has 0 radical (unpaired) electrons. The largest absolute Gasteiger partial charge is 0.398 e. The van der Waals surface area contributed by atoms with Gasteiger partial charge in [0.25, 0.3) is 0 Å². The SMILES string of the molecule is Nc1cccc2nc(-c3cccc4cccnc34)c(SS)cc12. The van der Waals surface area contributed by atoms with Crippen LogP contribution in [0.2, 0.25) is 0 Å². The molecule has 0 saturated carbocycles. The van der Waals surface area contributed by atoms with Crippen molar-refractivity contribution in [2.75, 3.05) is 5.73 Å². The third-order valence-electron chi connectivity index (χ3n) is 3.84. The molecule has 4 rings (SSSR count). The normalized spacial score (nSPS) is 11.2. The predicted octanol–water partition coefficient (Wildman–Crippen LogP) is 4.97. The molecule has 0 unspecified atom stereocenters. The van der Waals surface area contributed by atoms with E-state index in [1.807, 2.05) is 42.5 Å². The van der Waals surface area contributed by atoms with Crippen molar-refractivity contribution < 1.29 is 0 Å². The summed E-state index contributed by atoms with van der Waals surface area (Å²) < 4.78 is 0. The second-order valence-electron chi connectivity index (χ2n) is 5.22. The minimum Gasteiger partial charge on any atom is -0.398 e. The summed E-state index contributed by atoms with van der Waals surface area (Å²) in [5.74, 6) is 0. The lowest BCUT2D eigenvalue weighted by Crippen LogP contribution is -1.94. The number of para-hydroxylation sites is 1. The average Bonchev–Trinajstić information content (AvgIpc) is 2.60. The maximum atomic E-state index is 6.07. The molecule has 3 nitrogen and oxygen atoms in total. The van der Waals surface area contributed by atoms with Crippen LogP contribution < -0.4 is 5.73 Å². The fraction of sp³-hybridized carbons (Fsp3) is 0. The highest BCUT2D eigenvalue weighted by molar-refractivity contribution is 8.68. The van der Waals surface area contributed by atoms with Crippen molar-refractivity contribution in [1.82, 2.24) is 9.97 Å². The fourth-order valence-corrected chi connectivity index (χ4v) is 3.59. The molecule has 112 valence electrons. The lowest BCUT2D eigenvalue weighted by Gasteiger charge is -2.11. The topological polar surface area (TPSA) is 51.8 Å². The van der Waals surface area contributed by atoms with E-state index in [-0.39, 0.29) is 0 Å². The summed E-state index contributed by atoms with van der Waals surface area (Å²) >= 11 is 4.40. The van der Waals surface area contributed by atoms with Crippen molar-refractivity contribution in [3.63, 3.8) is 0 Å². The van der Waals surface area contributed by atoms with E-state index in [4.69, 9.17) is 10.7 Å². The fourth-order valence-electron chi connectivity index (χ4n) is 2.76. The van der Waals surface area contributed by atoms with Gasteiger partial charge in [-0.2, -0.15) is 0 Å². The van der Waals surface area contributed by atoms with Gasteiger partial charge in [-0.25, -0.2) is 4.98 Å². The molecule has 2 heterocycles. The summed E-state index contributed by atoms with van der Waals surface area (Å²) in [6.45, 7) is 0. The number of aromatic nitrogens is 2. The van der Waals surface area contributed by atoms with E-state index in [0.29, 0.717) is 0 Å². The van der Waals surface area contributed by atoms with Gasteiger partial charge in [0.15, 0.2) is 0 Å². The van der Waals surface area contributed by atoms with Crippen LogP contribution in [0.3, 0.4) is 0 Å². The summed E-state index contributed by atoms with van der Waals surface area (Å²) in [7, 11) is 1.37. The minimum atomic E-state index is 0.723. The van der Waals surface area contributed by atoms with Gasteiger partial charge in [0.2, 0.25) is 0 Å². The second-order valence-corrected chi connectivity index (χ2v) is 6.39. The zero-order valence-electron chi connectivity index (χ0n) is 12.1. The predicted molar refractivity (Wildman–Crippen MR) is 102 cm³/mol. The number of fused-ring (bicyclic) bond motifs is 2. The molecule has 0 aliphatic carbocycles. The van der Waals surface area contributed by atoms with E-state index >= 15 is 0 Å². The third-order valence-corrected chi connectivity index (χ3v) is 4.94. The Labute approximate surface area is 142 Å². The van der Waals surface area contributed by atoms with E-state index in [1.54, 1.807) is 6.20 Å². The smallest absolute Gasteiger partial charge is 0.0875 e. The molecule has 4 aromatic rings. The van der Waals surface area contributed by atoms with Crippen molar-refractivity contribution in [3.8, 4) is 11.3 Å². The standard InChI is InChI=1S/C18H13N3S2/c19-14-7-2-8-15-13(14)10-16(23-22)18(21-15)12-6-1-4-11-5-3-9-20-17(11)12/h1-10,22H,19H2. The summed E-state index contributed by atoms with van der Waals surface area (Å²) in [5.41, 5.74) is 10.5. The maximum absolute atomic E-state index is 6.07. The first-order valence-corrected chi connectivity index (χ1v) is 8.99. The Balaban J connectivity index is 2.08. The average molecular weight is 335 g/mol. The van der Waals surface area contributed by atoms with Gasteiger partial charge in [-0.3, -0.25) is 4.98 Å². The molecular formula is C18H13N3S2. The van der Waals surface area contributed by atoms with Crippen LogP contribution in [0.25, 0.3) is 33.1 Å². The lowest BCUT2D eigenvalue weighted by atomic mass is 10.0. The Morgan fingerprint density at radius 2 is 1.83 bits per heavy atom. The first-order valence-electron chi connectivity index (χ1n) is 7.13. The Morgan fingerprint density at radius 1 is 1.00 bits per heavy atom. The first kappa shape index (κ1) is 14.4. The molecule has 0 amide bonds. The Bertz CT molecular complexity index is 1030. The van der Waals surface area contributed by atoms with Crippen molar-refractivity contribution in [3.05, 3.63) is 60.8 Å². The molecule has 0 atom stereocenters. The number of nitrogen functional groups attached to an aromatic ring is 1. The molecule has 2 aromatic heterocycles. The van der Waals surface area contributed by atoms with Gasteiger partial charge < -0.3 is 5.73 Å². The second kappa shape index (κ2) is 5.76. The highest BCUT2D eigenvalue weighted by Gasteiger charge is 2.13. The molecule has 23 heavy (non-hydrogen) atoms. The number of benzene rings is 2. The van der Waals surface area contributed by atoms with Crippen LogP contribution in [-0.4, -0.2) is 9.97 Å². The zero-order valence-corrected chi connectivity index (χ0v) is 13.8. The minimum absolute atomic E-state index is 0.723. The number of pyridine rings is 2. The molecule has 0 saturated heterocycles. The van der Waals surface area contributed by atoms with Crippen molar-refractivity contribution in [2.24, 2.45) is 0 Å². The summed E-state index contributed by atoms with van der Waals surface area (Å²) in [4.78, 5) is 10.3.